The van der Waals surface area contributed by atoms with Gasteiger partial charge < -0.3 is 14.6 Å². The lowest BCUT2D eigenvalue weighted by molar-refractivity contribution is -0.384. The molecule has 9 nitrogen and oxygen atoms in total. The summed E-state index contributed by atoms with van der Waals surface area (Å²) in [6, 6.07) is 11.4. The first kappa shape index (κ1) is 20.5. The molecule has 9 heteroatoms. The van der Waals surface area contributed by atoms with Crippen LogP contribution in [0.15, 0.2) is 42.5 Å². The number of ether oxygens (including phenoxy) is 1. The van der Waals surface area contributed by atoms with Crippen LogP contribution < -0.4 is 0 Å². The molecule has 0 saturated carbocycles. The van der Waals surface area contributed by atoms with Crippen molar-refractivity contribution in [1.82, 2.24) is 14.9 Å². The Morgan fingerprint density at radius 1 is 1.26 bits per heavy atom. The van der Waals surface area contributed by atoms with Gasteiger partial charge in [0.15, 0.2) is 0 Å². The summed E-state index contributed by atoms with van der Waals surface area (Å²) < 4.78 is 4.95. The number of likely N-dealkylation sites (tertiary alicyclic amines) is 1. The van der Waals surface area contributed by atoms with E-state index in [4.69, 9.17) is 4.74 Å². The maximum atomic E-state index is 13.2. The molecule has 1 amide bonds. The Morgan fingerprint density at radius 2 is 2.03 bits per heavy atom. The highest BCUT2D eigenvalue weighted by Gasteiger charge is 2.29. The lowest BCUT2D eigenvalue weighted by Crippen LogP contribution is -2.39. The smallest absolute Gasteiger partial charge is 0.338 e. The molecule has 0 spiro atoms. The van der Waals surface area contributed by atoms with Crippen LogP contribution in [0.5, 0.6) is 0 Å². The van der Waals surface area contributed by atoms with Crippen LogP contribution in [0.2, 0.25) is 0 Å². The number of aromatic amines is 1. The number of hydrogen-bond donors (Lipinski definition) is 1. The van der Waals surface area contributed by atoms with Crippen molar-refractivity contribution in [1.29, 1.82) is 0 Å². The molecule has 2 heterocycles. The number of nitro benzene ring substituents is 1. The van der Waals surface area contributed by atoms with Gasteiger partial charge in [-0.3, -0.25) is 14.9 Å². The minimum atomic E-state index is -0.695. The molecular weight excluding hydrogens is 400 g/mol. The summed E-state index contributed by atoms with van der Waals surface area (Å²) in [5.74, 6) is -0.188. The van der Waals surface area contributed by atoms with Crippen molar-refractivity contribution in [2.24, 2.45) is 0 Å². The lowest BCUT2D eigenvalue weighted by Gasteiger charge is -2.32. The summed E-state index contributed by atoms with van der Waals surface area (Å²) in [6.07, 6.45) is 1.67. The van der Waals surface area contributed by atoms with Crippen LogP contribution in [0.1, 0.15) is 52.2 Å². The van der Waals surface area contributed by atoms with Crippen LogP contribution in [0.25, 0.3) is 11.0 Å². The molecule has 1 N–H and O–H groups in total. The molecule has 0 bridgehead atoms. The fourth-order valence-corrected chi connectivity index (χ4v) is 3.91. The van der Waals surface area contributed by atoms with Gasteiger partial charge in [-0.1, -0.05) is 12.1 Å². The number of imidazole rings is 1. The Hall–Kier alpha value is -3.75. The third kappa shape index (κ3) is 4.25. The number of nitrogens with one attached hydrogen (secondary N) is 1. The van der Waals surface area contributed by atoms with Gasteiger partial charge >= 0.3 is 5.97 Å². The normalized spacial score (nSPS) is 16.3. The molecule has 1 aliphatic heterocycles. The van der Waals surface area contributed by atoms with Crippen molar-refractivity contribution in [3.63, 3.8) is 0 Å². The number of carbonyl (C=O) groups is 2. The number of nitro groups is 1. The first-order chi connectivity index (χ1) is 15.0. The third-order valence-corrected chi connectivity index (χ3v) is 5.39. The third-order valence-electron chi connectivity index (χ3n) is 5.39. The summed E-state index contributed by atoms with van der Waals surface area (Å²) in [5.41, 5.74) is 1.59. The first-order valence-electron chi connectivity index (χ1n) is 10.2. The quantitative estimate of drug-likeness (QED) is 0.381. The standard InChI is InChI=1S/C22H22N4O5/c1-2-31-22(28)16-10-15(11-17(12-16)26(29)30)21(27)25-9-5-6-14(13-25)20-23-18-7-3-4-8-19(18)24-20/h3-4,7-8,10-12,14H,2,5-6,9,13H2,1H3,(H,23,24). The summed E-state index contributed by atoms with van der Waals surface area (Å²) in [5, 5.41) is 11.3. The molecule has 1 saturated heterocycles. The zero-order chi connectivity index (χ0) is 22.0. The number of para-hydroxylation sites is 2. The summed E-state index contributed by atoms with van der Waals surface area (Å²) in [7, 11) is 0. The van der Waals surface area contributed by atoms with E-state index < -0.39 is 10.9 Å². The highest BCUT2D eigenvalue weighted by atomic mass is 16.6. The number of fused-ring (bicyclic) bond motifs is 1. The Kier molecular flexibility index (Phi) is 5.66. The van der Waals surface area contributed by atoms with Gasteiger partial charge in [0.25, 0.3) is 11.6 Å². The largest absolute Gasteiger partial charge is 0.462 e. The molecule has 31 heavy (non-hydrogen) atoms. The molecule has 1 aromatic heterocycles. The molecule has 4 rings (SSSR count). The predicted octanol–water partition coefficient (Wildman–Crippen LogP) is 3.67. The van der Waals surface area contributed by atoms with Crippen molar-refractivity contribution in [3.05, 3.63) is 69.5 Å². The van der Waals surface area contributed by atoms with E-state index in [1.54, 1.807) is 11.8 Å². The second kappa shape index (κ2) is 8.55. The van der Waals surface area contributed by atoms with Crippen molar-refractivity contribution in [3.8, 4) is 0 Å². The topological polar surface area (TPSA) is 118 Å². The second-order valence-electron chi connectivity index (χ2n) is 7.48. The number of aromatic nitrogens is 2. The molecule has 160 valence electrons. The van der Waals surface area contributed by atoms with E-state index in [0.29, 0.717) is 13.1 Å². The zero-order valence-corrected chi connectivity index (χ0v) is 17.0. The van der Waals surface area contributed by atoms with Gasteiger partial charge in [0, 0.05) is 36.7 Å². The van der Waals surface area contributed by atoms with Gasteiger partial charge in [-0.15, -0.1) is 0 Å². The van der Waals surface area contributed by atoms with Gasteiger partial charge in [-0.25, -0.2) is 9.78 Å². The van der Waals surface area contributed by atoms with Gasteiger partial charge in [-0.2, -0.15) is 0 Å². The van der Waals surface area contributed by atoms with E-state index >= 15 is 0 Å². The van der Waals surface area contributed by atoms with Crippen molar-refractivity contribution < 1.29 is 19.2 Å². The number of amides is 1. The van der Waals surface area contributed by atoms with Crippen LogP contribution >= 0.6 is 0 Å². The average molecular weight is 422 g/mol. The molecule has 1 atom stereocenters. The van der Waals surface area contributed by atoms with Crippen LogP contribution in [0, 0.1) is 10.1 Å². The number of esters is 1. The summed E-state index contributed by atoms with van der Waals surface area (Å²) in [6.45, 7) is 2.76. The van der Waals surface area contributed by atoms with Crippen molar-refractivity contribution in [2.45, 2.75) is 25.7 Å². The zero-order valence-electron chi connectivity index (χ0n) is 17.0. The highest BCUT2D eigenvalue weighted by Crippen LogP contribution is 2.28. The number of piperidine rings is 1. The monoisotopic (exact) mass is 422 g/mol. The molecule has 2 aromatic carbocycles. The van der Waals surface area contributed by atoms with E-state index in [1.165, 1.54) is 12.1 Å². The maximum absolute atomic E-state index is 13.2. The highest BCUT2D eigenvalue weighted by molar-refractivity contribution is 5.99. The Labute approximate surface area is 178 Å². The van der Waals surface area contributed by atoms with Crippen molar-refractivity contribution in [2.75, 3.05) is 19.7 Å². The van der Waals surface area contributed by atoms with Crippen molar-refractivity contribution >= 4 is 28.6 Å². The lowest BCUT2D eigenvalue weighted by atomic mass is 9.96. The SMILES string of the molecule is CCOC(=O)c1cc(C(=O)N2CCCC(c3nc4ccccc4[nH]3)C2)cc([N+](=O)[O-])c1. The van der Waals surface area contributed by atoms with Crippen LogP contribution in [-0.2, 0) is 4.74 Å². The predicted molar refractivity (Wildman–Crippen MR) is 113 cm³/mol. The van der Waals surface area contributed by atoms with Gasteiger partial charge in [0.05, 0.1) is 28.1 Å². The van der Waals surface area contributed by atoms with Crippen LogP contribution in [0.3, 0.4) is 0 Å². The molecule has 0 aliphatic carbocycles. The van der Waals surface area contributed by atoms with Crippen LogP contribution in [0.4, 0.5) is 5.69 Å². The molecule has 0 radical (unpaired) electrons. The Bertz CT molecular complexity index is 1120. The minimum absolute atomic E-state index is 0.00903. The number of nitrogens with zero attached hydrogens (tertiary/aromatic N) is 3. The molecule has 1 fully saturated rings. The number of carbonyl (C=O) groups excluding carboxylic acids is 2. The number of benzene rings is 2. The molecular formula is C22H22N4O5. The maximum Gasteiger partial charge on any atom is 0.338 e. The molecule has 1 aliphatic rings. The number of non-ortho nitro benzene ring substituents is 1. The fourth-order valence-electron chi connectivity index (χ4n) is 3.91. The van der Waals surface area contributed by atoms with Gasteiger partial charge in [0.1, 0.15) is 5.82 Å². The van der Waals surface area contributed by atoms with E-state index in [2.05, 4.69) is 9.97 Å². The number of hydrogen-bond acceptors (Lipinski definition) is 6. The first-order valence-corrected chi connectivity index (χ1v) is 10.2. The summed E-state index contributed by atoms with van der Waals surface area (Å²) >= 11 is 0. The summed E-state index contributed by atoms with van der Waals surface area (Å²) in [4.78, 5) is 45.6. The Balaban J connectivity index is 1.59. The molecule has 3 aromatic rings. The number of H-pyrrole nitrogens is 1. The molecule has 1 unspecified atom stereocenters. The Morgan fingerprint density at radius 3 is 2.77 bits per heavy atom. The van der Waals surface area contributed by atoms with Crippen LogP contribution in [-0.4, -0.2) is 51.4 Å². The minimum Gasteiger partial charge on any atom is -0.462 e. The van der Waals surface area contributed by atoms with E-state index in [-0.39, 0.29) is 35.2 Å². The van der Waals surface area contributed by atoms with E-state index in [1.807, 2.05) is 24.3 Å². The fraction of sp³-hybridized carbons (Fsp3) is 0.318. The number of rotatable bonds is 5. The van der Waals surface area contributed by atoms with Gasteiger partial charge in [0.2, 0.25) is 0 Å². The second-order valence-corrected chi connectivity index (χ2v) is 7.48. The van der Waals surface area contributed by atoms with Gasteiger partial charge in [-0.05, 0) is 38.0 Å². The average Bonchev–Trinajstić information content (AvgIpc) is 3.23. The van der Waals surface area contributed by atoms with E-state index in [9.17, 15) is 19.7 Å². The van der Waals surface area contributed by atoms with E-state index in [0.717, 1.165) is 35.8 Å².